The van der Waals surface area contributed by atoms with Gasteiger partial charge in [-0.2, -0.15) is 0 Å². The van der Waals surface area contributed by atoms with Gasteiger partial charge in [-0.1, -0.05) is 23.8 Å². The van der Waals surface area contributed by atoms with Crippen LogP contribution in [-0.4, -0.2) is 39.0 Å². The minimum absolute atomic E-state index is 0.0405. The lowest BCUT2D eigenvalue weighted by Crippen LogP contribution is -2.39. The monoisotopic (exact) mass is 373 g/mol. The number of likely N-dealkylation sites (tertiary alicyclic amines) is 1. The Kier molecular flexibility index (Phi) is 5.06. The highest BCUT2D eigenvalue weighted by molar-refractivity contribution is 5.95. The summed E-state index contributed by atoms with van der Waals surface area (Å²) in [5.74, 6) is 0.538. The predicted octanol–water partition coefficient (Wildman–Crippen LogP) is 4.18. The Morgan fingerprint density at radius 1 is 1.14 bits per heavy atom. The molecule has 1 saturated heterocycles. The summed E-state index contributed by atoms with van der Waals surface area (Å²) in [7, 11) is 0. The number of carbonyl (C=O) groups excluding carboxylic acids is 1. The fourth-order valence-corrected chi connectivity index (χ4v) is 3.80. The van der Waals surface area contributed by atoms with Crippen LogP contribution in [0.15, 0.2) is 61.1 Å². The molecule has 5 heteroatoms. The third-order valence-corrected chi connectivity index (χ3v) is 5.33. The lowest BCUT2D eigenvalue weighted by molar-refractivity contribution is 0.0706. The maximum Gasteiger partial charge on any atom is 0.253 e. The van der Waals surface area contributed by atoms with Crippen LogP contribution in [0.25, 0.3) is 11.1 Å². The summed E-state index contributed by atoms with van der Waals surface area (Å²) in [4.78, 5) is 23.2. The van der Waals surface area contributed by atoms with Gasteiger partial charge >= 0.3 is 0 Å². The fourth-order valence-electron chi connectivity index (χ4n) is 3.80. The van der Waals surface area contributed by atoms with E-state index in [9.17, 15) is 9.90 Å². The van der Waals surface area contributed by atoms with Crippen LogP contribution in [0.4, 0.5) is 0 Å². The number of rotatable bonds is 3. The van der Waals surface area contributed by atoms with Crippen LogP contribution in [-0.2, 0) is 0 Å². The van der Waals surface area contributed by atoms with Gasteiger partial charge in [-0.3, -0.25) is 4.79 Å². The topological polar surface area (TPSA) is 66.3 Å². The normalized spacial score (nSPS) is 16.8. The van der Waals surface area contributed by atoms with Gasteiger partial charge in [-0.25, -0.2) is 9.97 Å². The zero-order valence-corrected chi connectivity index (χ0v) is 15.9. The number of aryl methyl sites for hydroxylation is 1. The highest BCUT2D eigenvalue weighted by Gasteiger charge is 2.26. The zero-order valence-electron chi connectivity index (χ0n) is 15.9. The van der Waals surface area contributed by atoms with Gasteiger partial charge < -0.3 is 10.0 Å². The standard InChI is InChI=1S/C23H23N3O2/c1-16-4-9-22(27)20(13-16)17-5-7-18(8-6-17)23(28)26-12-2-3-19(14-26)21-10-11-24-15-25-21/h4-11,13,15,19,27H,2-3,12,14H2,1H3/t19-/m0/s1. The molecule has 28 heavy (non-hydrogen) atoms. The summed E-state index contributed by atoms with van der Waals surface area (Å²) in [6, 6.07) is 14.9. The van der Waals surface area contributed by atoms with Crippen LogP contribution in [0, 0.1) is 6.92 Å². The van der Waals surface area contributed by atoms with Gasteiger partial charge in [0, 0.05) is 42.0 Å². The molecule has 0 spiro atoms. The van der Waals surface area contributed by atoms with E-state index in [0.717, 1.165) is 41.8 Å². The van der Waals surface area contributed by atoms with Crippen molar-refractivity contribution in [3.8, 4) is 16.9 Å². The molecule has 2 aromatic carbocycles. The Hall–Kier alpha value is -3.21. The van der Waals surface area contributed by atoms with Gasteiger partial charge in [-0.05, 0) is 55.7 Å². The lowest BCUT2D eigenvalue weighted by atomic mass is 9.94. The molecule has 0 bridgehead atoms. The van der Waals surface area contributed by atoms with Crippen molar-refractivity contribution in [2.75, 3.05) is 13.1 Å². The summed E-state index contributed by atoms with van der Waals surface area (Å²) in [6.45, 7) is 3.43. The fraction of sp³-hybridized carbons (Fsp3) is 0.261. The Bertz CT molecular complexity index is 971. The summed E-state index contributed by atoms with van der Waals surface area (Å²) < 4.78 is 0. The Balaban J connectivity index is 1.51. The first-order valence-electron chi connectivity index (χ1n) is 9.57. The summed E-state index contributed by atoms with van der Waals surface area (Å²) in [5.41, 5.74) is 4.42. The average Bonchev–Trinajstić information content (AvgIpc) is 2.76. The molecule has 1 amide bonds. The first-order chi connectivity index (χ1) is 13.6. The van der Waals surface area contributed by atoms with E-state index >= 15 is 0 Å². The number of aromatic nitrogens is 2. The van der Waals surface area contributed by atoms with Crippen LogP contribution in [0.1, 0.15) is 40.4 Å². The van der Waals surface area contributed by atoms with E-state index in [1.807, 2.05) is 54.3 Å². The number of nitrogens with zero attached hydrogens (tertiary/aromatic N) is 3. The maximum atomic E-state index is 13.0. The van der Waals surface area contributed by atoms with Crippen molar-refractivity contribution in [1.29, 1.82) is 0 Å². The third kappa shape index (κ3) is 3.74. The van der Waals surface area contributed by atoms with Crippen molar-refractivity contribution >= 4 is 5.91 Å². The number of hydrogen-bond acceptors (Lipinski definition) is 4. The molecule has 0 saturated carbocycles. The molecule has 4 rings (SSSR count). The minimum atomic E-state index is 0.0405. The molecule has 142 valence electrons. The predicted molar refractivity (Wildman–Crippen MR) is 108 cm³/mol. The van der Waals surface area contributed by atoms with Crippen molar-refractivity contribution < 1.29 is 9.90 Å². The quantitative estimate of drug-likeness (QED) is 0.748. The largest absolute Gasteiger partial charge is 0.507 e. The number of benzene rings is 2. The summed E-state index contributed by atoms with van der Waals surface area (Å²) >= 11 is 0. The van der Waals surface area contributed by atoms with E-state index in [-0.39, 0.29) is 17.6 Å². The number of phenolic OH excluding ortho intramolecular Hbond substituents is 1. The second-order valence-corrected chi connectivity index (χ2v) is 7.32. The molecule has 0 unspecified atom stereocenters. The zero-order chi connectivity index (χ0) is 19.5. The highest BCUT2D eigenvalue weighted by atomic mass is 16.3. The van der Waals surface area contributed by atoms with Gasteiger partial charge in [0.15, 0.2) is 0 Å². The molecule has 0 aliphatic carbocycles. The van der Waals surface area contributed by atoms with E-state index in [4.69, 9.17) is 0 Å². The van der Waals surface area contributed by atoms with E-state index in [1.165, 1.54) is 0 Å². The highest BCUT2D eigenvalue weighted by Crippen LogP contribution is 2.31. The number of amides is 1. The molecule has 3 aromatic rings. The Morgan fingerprint density at radius 2 is 1.96 bits per heavy atom. The number of hydrogen-bond donors (Lipinski definition) is 1. The summed E-state index contributed by atoms with van der Waals surface area (Å²) in [6.07, 6.45) is 5.32. The second kappa shape index (κ2) is 7.80. The number of carbonyl (C=O) groups is 1. The Labute approximate surface area is 164 Å². The lowest BCUT2D eigenvalue weighted by Gasteiger charge is -2.32. The molecule has 1 aliphatic rings. The molecule has 5 nitrogen and oxygen atoms in total. The van der Waals surface area contributed by atoms with Gasteiger partial charge in [0.25, 0.3) is 5.91 Å². The van der Waals surface area contributed by atoms with Gasteiger partial charge in [0.05, 0.1) is 0 Å². The van der Waals surface area contributed by atoms with Crippen molar-refractivity contribution in [3.63, 3.8) is 0 Å². The van der Waals surface area contributed by atoms with Crippen LogP contribution in [0.2, 0.25) is 0 Å². The molecule has 1 atom stereocenters. The molecule has 1 aromatic heterocycles. The van der Waals surface area contributed by atoms with E-state index < -0.39 is 0 Å². The second-order valence-electron chi connectivity index (χ2n) is 7.32. The Morgan fingerprint density at radius 3 is 2.71 bits per heavy atom. The van der Waals surface area contributed by atoms with Gasteiger partial charge in [0.1, 0.15) is 12.1 Å². The first kappa shape index (κ1) is 18.2. The van der Waals surface area contributed by atoms with E-state index in [1.54, 1.807) is 18.6 Å². The summed E-state index contributed by atoms with van der Waals surface area (Å²) in [5, 5.41) is 10.1. The van der Waals surface area contributed by atoms with Gasteiger partial charge in [-0.15, -0.1) is 0 Å². The smallest absolute Gasteiger partial charge is 0.253 e. The molecular formula is C23H23N3O2. The third-order valence-electron chi connectivity index (χ3n) is 5.33. The van der Waals surface area contributed by atoms with Crippen LogP contribution in [0.3, 0.4) is 0 Å². The SMILES string of the molecule is Cc1ccc(O)c(-c2ccc(C(=O)N3CCC[C@H](c4ccncn4)C3)cc2)c1. The molecular weight excluding hydrogens is 350 g/mol. The molecule has 2 heterocycles. The maximum absolute atomic E-state index is 13.0. The minimum Gasteiger partial charge on any atom is -0.507 e. The number of aromatic hydroxyl groups is 1. The molecule has 1 fully saturated rings. The van der Waals surface area contributed by atoms with Gasteiger partial charge in [0.2, 0.25) is 0 Å². The van der Waals surface area contributed by atoms with Crippen molar-refractivity contribution in [3.05, 3.63) is 77.9 Å². The molecule has 1 aliphatic heterocycles. The number of piperidine rings is 1. The molecule has 1 N–H and O–H groups in total. The van der Waals surface area contributed by atoms with Crippen molar-refractivity contribution in [1.82, 2.24) is 14.9 Å². The molecule has 0 radical (unpaired) electrons. The van der Waals surface area contributed by atoms with Crippen LogP contribution >= 0.6 is 0 Å². The van der Waals surface area contributed by atoms with Crippen molar-refractivity contribution in [2.45, 2.75) is 25.7 Å². The van der Waals surface area contributed by atoms with Crippen LogP contribution in [0.5, 0.6) is 5.75 Å². The first-order valence-corrected chi connectivity index (χ1v) is 9.57. The number of phenols is 1. The van der Waals surface area contributed by atoms with Crippen LogP contribution < -0.4 is 0 Å². The van der Waals surface area contributed by atoms with E-state index in [0.29, 0.717) is 12.1 Å². The van der Waals surface area contributed by atoms with Crippen molar-refractivity contribution in [2.24, 2.45) is 0 Å². The average molecular weight is 373 g/mol. The van der Waals surface area contributed by atoms with E-state index in [2.05, 4.69) is 9.97 Å².